The number of aromatic amines is 1. The Balaban J connectivity index is 1.55. The Morgan fingerprint density at radius 2 is 2.27 bits per heavy atom. The first kappa shape index (κ1) is 13.8. The fourth-order valence-electron chi connectivity index (χ4n) is 3.56. The van der Waals surface area contributed by atoms with Gasteiger partial charge in [0.15, 0.2) is 0 Å². The van der Waals surface area contributed by atoms with E-state index < -0.39 is 0 Å². The summed E-state index contributed by atoms with van der Waals surface area (Å²) in [5.41, 5.74) is 3.51. The Hall–Kier alpha value is -1.88. The molecular formula is C17H20FN3O. The maximum Gasteiger partial charge on any atom is 0.124 e. The van der Waals surface area contributed by atoms with Crippen LogP contribution in [-0.4, -0.2) is 22.8 Å². The number of benzene rings is 1. The lowest BCUT2D eigenvalue weighted by Crippen LogP contribution is -2.37. The molecule has 2 atom stereocenters. The molecule has 22 heavy (non-hydrogen) atoms. The van der Waals surface area contributed by atoms with Crippen LogP contribution < -0.4 is 10.1 Å². The Morgan fingerprint density at radius 1 is 1.32 bits per heavy atom. The van der Waals surface area contributed by atoms with Gasteiger partial charge < -0.3 is 10.1 Å². The maximum absolute atomic E-state index is 13.6. The number of hydrogen-bond donors (Lipinski definition) is 2. The van der Waals surface area contributed by atoms with Crippen molar-refractivity contribution in [1.29, 1.82) is 0 Å². The van der Waals surface area contributed by atoms with Crippen LogP contribution in [0.1, 0.15) is 42.1 Å². The molecule has 0 bridgehead atoms. The molecular weight excluding hydrogens is 281 g/mol. The summed E-state index contributed by atoms with van der Waals surface area (Å²) >= 11 is 0. The van der Waals surface area contributed by atoms with E-state index in [1.807, 2.05) is 6.20 Å². The smallest absolute Gasteiger partial charge is 0.124 e. The summed E-state index contributed by atoms with van der Waals surface area (Å²) in [7, 11) is 0. The van der Waals surface area contributed by atoms with Crippen LogP contribution in [0.4, 0.5) is 4.39 Å². The molecule has 0 spiro atoms. The van der Waals surface area contributed by atoms with Gasteiger partial charge in [0.25, 0.3) is 0 Å². The summed E-state index contributed by atoms with van der Waals surface area (Å²) in [6.07, 6.45) is 6.97. The fraction of sp³-hybridized carbons (Fsp3) is 0.471. The SMILES string of the molecule is Fc1ccc2c(c1)[C@H](N[C@@H]1CCc3[nH]ncc3C1)CCCO2. The van der Waals surface area contributed by atoms with E-state index in [2.05, 4.69) is 15.5 Å². The molecule has 5 heteroatoms. The summed E-state index contributed by atoms with van der Waals surface area (Å²) in [6, 6.07) is 5.40. The molecule has 2 heterocycles. The maximum atomic E-state index is 13.6. The number of fused-ring (bicyclic) bond motifs is 2. The highest BCUT2D eigenvalue weighted by Crippen LogP contribution is 2.33. The van der Waals surface area contributed by atoms with Crippen molar-refractivity contribution in [2.45, 2.75) is 44.2 Å². The van der Waals surface area contributed by atoms with Crippen molar-refractivity contribution in [1.82, 2.24) is 15.5 Å². The summed E-state index contributed by atoms with van der Waals surface area (Å²) in [5, 5.41) is 10.9. The van der Waals surface area contributed by atoms with Crippen LogP contribution in [0, 0.1) is 5.82 Å². The number of H-pyrrole nitrogens is 1. The van der Waals surface area contributed by atoms with Crippen molar-refractivity contribution >= 4 is 0 Å². The molecule has 1 aliphatic heterocycles. The first-order valence-corrected chi connectivity index (χ1v) is 7.99. The topological polar surface area (TPSA) is 49.9 Å². The van der Waals surface area contributed by atoms with E-state index >= 15 is 0 Å². The fourth-order valence-corrected chi connectivity index (χ4v) is 3.56. The highest BCUT2D eigenvalue weighted by atomic mass is 19.1. The van der Waals surface area contributed by atoms with Crippen molar-refractivity contribution in [2.24, 2.45) is 0 Å². The molecule has 1 aliphatic carbocycles. The van der Waals surface area contributed by atoms with Crippen molar-refractivity contribution in [3.63, 3.8) is 0 Å². The average Bonchev–Trinajstić information content (AvgIpc) is 2.90. The monoisotopic (exact) mass is 301 g/mol. The summed E-state index contributed by atoms with van der Waals surface area (Å²) in [6.45, 7) is 0.702. The number of nitrogens with one attached hydrogen (secondary N) is 2. The van der Waals surface area contributed by atoms with Crippen molar-refractivity contribution in [2.75, 3.05) is 6.61 Å². The number of aromatic nitrogens is 2. The number of nitrogens with zero attached hydrogens (tertiary/aromatic N) is 1. The highest BCUT2D eigenvalue weighted by Gasteiger charge is 2.26. The molecule has 0 amide bonds. The Kier molecular flexibility index (Phi) is 3.58. The number of aryl methyl sites for hydroxylation is 1. The van der Waals surface area contributed by atoms with Crippen LogP contribution in [0.2, 0.25) is 0 Å². The second kappa shape index (κ2) is 5.72. The Bertz CT molecular complexity index is 670. The van der Waals surface area contributed by atoms with Crippen LogP contribution in [-0.2, 0) is 12.8 Å². The molecule has 2 N–H and O–H groups in total. The molecule has 0 unspecified atom stereocenters. The highest BCUT2D eigenvalue weighted by molar-refractivity contribution is 5.37. The van der Waals surface area contributed by atoms with Crippen LogP contribution in [0.5, 0.6) is 5.75 Å². The van der Waals surface area contributed by atoms with E-state index in [-0.39, 0.29) is 11.9 Å². The van der Waals surface area contributed by atoms with Crippen LogP contribution >= 0.6 is 0 Å². The number of halogens is 1. The molecule has 2 aromatic rings. The molecule has 1 aromatic heterocycles. The summed E-state index contributed by atoms with van der Waals surface area (Å²) < 4.78 is 19.4. The van der Waals surface area contributed by atoms with E-state index in [4.69, 9.17) is 4.74 Å². The van der Waals surface area contributed by atoms with E-state index in [9.17, 15) is 4.39 Å². The lowest BCUT2D eigenvalue weighted by molar-refractivity contribution is 0.313. The zero-order valence-electron chi connectivity index (χ0n) is 12.4. The second-order valence-electron chi connectivity index (χ2n) is 6.21. The average molecular weight is 301 g/mol. The molecule has 4 nitrogen and oxygen atoms in total. The van der Waals surface area contributed by atoms with Gasteiger partial charge in [-0.25, -0.2) is 4.39 Å². The summed E-state index contributed by atoms with van der Waals surface area (Å²) in [5.74, 6) is 0.619. The van der Waals surface area contributed by atoms with Gasteiger partial charge in [0.1, 0.15) is 11.6 Å². The van der Waals surface area contributed by atoms with E-state index in [0.29, 0.717) is 12.6 Å². The van der Waals surface area contributed by atoms with Crippen molar-refractivity contribution in [3.05, 3.63) is 47.0 Å². The van der Waals surface area contributed by atoms with Gasteiger partial charge in [-0.15, -0.1) is 0 Å². The molecule has 116 valence electrons. The largest absolute Gasteiger partial charge is 0.493 e. The molecule has 4 rings (SSSR count). The normalized spacial score (nSPS) is 24.0. The van der Waals surface area contributed by atoms with Crippen LogP contribution in [0.15, 0.2) is 24.4 Å². The molecule has 0 saturated heterocycles. The quantitative estimate of drug-likeness (QED) is 0.896. The minimum Gasteiger partial charge on any atom is -0.493 e. The Labute approximate surface area is 129 Å². The molecule has 0 fully saturated rings. The first-order valence-electron chi connectivity index (χ1n) is 7.99. The number of rotatable bonds is 2. The van der Waals surface area contributed by atoms with Gasteiger partial charge in [0.05, 0.1) is 12.8 Å². The third-order valence-corrected chi connectivity index (χ3v) is 4.70. The predicted octanol–water partition coefficient (Wildman–Crippen LogP) is 2.91. The van der Waals surface area contributed by atoms with Crippen molar-refractivity contribution in [3.8, 4) is 5.75 Å². The van der Waals surface area contributed by atoms with Crippen LogP contribution in [0.25, 0.3) is 0 Å². The van der Waals surface area contributed by atoms with Gasteiger partial charge in [-0.3, -0.25) is 5.10 Å². The van der Waals surface area contributed by atoms with Gasteiger partial charge in [-0.2, -0.15) is 5.10 Å². The standard InChI is InChI=1S/C17H20FN3O/c18-12-3-6-17-14(9-12)16(2-1-7-22-17)20-13-4-5-15-11(8-13)10-19-21-15/h3,6,9-10,13,16,20H,1-2,4-5,7-8H2,(H,19,21)/t13-,16-/m1/s1. The van der Waals surface area contributed by atoms with Gasteiger partial charge in [0.2, 0.25) is 0 Å². The first-order chi connectivity index (χ1) is 10.8. The lowest BCUT2D eigenvalue weighted by Gasteiger charge is -2.28. The van der Waals surface area contributed by atoms with E-state index in [1.54, 1.807) is 12.1 Å². The Morgan fingerprint density at radius 3 is 3.23 bits per heavy atom. The second-order valence-corrected chi connectivity index (χ2v) is 6.21. The van der Waals surface area contributed by atoms with Gasteiger partial charge in [-0.05, 0) is 55.9 Å². The van der Waals surface area contributed by atoms with Crippen LogP contribution in [0.3, 0.4) is 0 Å². The third kappa shape index (κ3) is 2.61. The molecule has 1 aromatic carbocycles. The molecule has 0 radical (unpaired) electrons. The van der Waals surface area contributed by atoms with Gasteiger partial charge in [-0.1, -0.05) is 0 Å². The predicted molar refractivity (Wildman–Crippen MR) is 81.4 cm³/mol. The van der Waals surface area contributed by atoms with E-state index in [0.717, 1.165) is 43.4 Å². The van der Waals surface area contributed by atoms with E-state index in [1.165, 1.54) is 17.3 Å². The zero-order chi connectivity index (χ0) is 14.9. The molecule has 2 aliphatic rings. The van der Waals surface area contributed by atoms with Gasteiger partial charge >= 0.3 is 0 Å². The zero-order valence-corrected chi connectivity index (χ0v) is 12.4. The molecule has 0 saturated carbocycles. The van der Waals surface area contributed by atoms with Crippen molar-refractivity contribution < 1.29 is 9.13 Å². The lowest BCUT2D eigenvalue weighted by atomic mass is 9.91. The number of hydrogen-bond acceptors (Lipinski definition) is 3. The third-order valence-electron chi connectivity index (χ3n) is 4.70. The number of ether oxygens (including phenoxy) is 1. The summed E-state index contributed by atoms with van der Waals surface area (Å²) in [4.78, 5) is 0. The minimum absolute atomic E-state index is 0.159. The van der Waals surface area contributed by atoms with Gasteiger partial charge in [0, 0.05) is 23.3 Å². The minimum atomic E-state index is -0.197.